The lowest BCUT2D eigenvalue weighted by atomic mass is 9.95. The fourth-order valence-electron chi connectivity index (χ4n) is 5.59. The van der Waals surface area contributed by atoms with Crippen LogP contribution in [0.15, 0.2) is 57.5 Å². The van der Waals surface area contributed by atoms with Crippen LogP contribution >= 0.6 is 11.3 Å². The van der Waals surface area contributed by atoms with Crippen LogP contribution in [0.1, 0.15) is 57.7 Å². The minimum atomic E-state index is -0.800. The molecular formula is C34H39N3O8S. The van der Waals surface area contributed by atoms with Crippen LogP contribution in [0.2, 0.25) is 0 Å². The summed E-state index contributed by atoms with van der Waals surface area (Å²) in [6.07, 6.45) is 3.77. The molecule has 3 aromatic rings. The van der Waals surface area contributed by atoms with Crippen molar-refractivity contribution in [2.45, 2.75) is 46.6 Å². The third-order valence-corrected chi connectivity index (χ3v) is 8.68. The molecule has 5 rings (SSSR count). The Kier molecular flexibility index (Phi) is 10.5. The summed E-state index contributed by atoms with van der Waals surface area (Å²) in [7, 11) is 1.55. The number of hydrogen-bond donors (Lipinski definition) is 0. The van der Waals surface area contributed by atoms with Crippen LogP contribution in [0.3, 0.4) is 0 Å². The number of aromatic nitrogens is 1. The molecule has 46 heavy (non-hydrogen) atoms. The van der Waals surface area contributed by atoms with E-state index in [1.165, 1.54) is 15.9 Å². The van der Waals surface area contributed by atoms with E-state index >= 15 is 0 Å². The Balaban J connectivity index is 1.55. The quantitative estimate of drug-likeness (QED) is 0.273. The van der Waals surface area contributed by atoms with Gasteiger partial charge in [0.1, 0.15) is 0 Å². The van der Waals surface area contributed by atoms with Crippen molar-refractivity contribution in [2.75, 3.05) is 46.6 Å². The van der Waals surface area contributed by atoms with E-state index in [1.54, 1.807) is 62.3 Å². The Hall–Kier alpha value is -4.58. The number of likely N-dealkylation sites (tertiary alicyclic amines) is 1. The Morgan fingerprint density at radius 3 is 2.30 bits per heavy atom. The maximum atomic E-state index is 14.1. The summed E-state index contributed by atoms with van der Waals surface area (Å²) >= 11 is 1.22. The molecule has 2 aliphatic heterocycles. The van der Waals surface area contributed by atoms with Crippen molar-refractivity contribution in [3.8, 4) is 23.0 Å². The predicted molar refractivity (Wildman–Crippen MR) is 173 cm³/mol. The number of ether oxygens (including phenoxy) is 5. The first-order chi connectivity index (χ1) is 22.3. The summed E-state index contributed by atoms with van der Waals surface area (Å²) in [6.45, 7) is 9.62. The molecule has 0 N–H and O–H groups in total. The number of benzene rings is 2. The largest absolute Gasteiger partial charge is 0.493 e. The number of esters is 1. The van der Waals surface area contributed by atoms with Gasteiger partial charge in [0.05, 0.1) is 48.8 Å². The Bertz CT molecular complexity index is 1820. The summed E-state index contributed by atoms with van der Waals surface area (Å²) in [5, 5.41) is 0. The minimum Gasteiger partial charge on any atom is -0.493 e. The van der Waals surface area contributed by atoms with Crippen molar-refractivity contribution >= 4 is 29.3 Å². The normalized spacial score (nSPS) is 16.2. The van der Waals surface area contributed by atoms with E-state index < -0.39 is 12.0 Å². The molecule has 0 aliphatic carbocycles. The molecule has 1 fully saturated rings. The van der Waals surface area contributed by atoms with Crippen molar-refractivity contribution in [2.24, 2.45) is 4.99 Å². The van der Waals surface area contributed by atoms with Gasteiger partial charge in [0, 0.05) is 13.1 Å². The minimum absolute atomic E-state index is 0.0533. The first kappa shape index (κ1) is 32.8. The number of rotatable bonds is 12. The third kappa shape index (κ3) is 6.81. The van der Waals surface area contributed by atoms with Crippen molar-refractivity contribution < 1.29 is 33.3 Å². The van der Waals surface area contributed by atoms with Crippen LogP contribution in [0.4, 0.5) is 0 Å². The number of methoxy groups -OCH3 is 1. The highest BCUT2D eigenvalue weighted by Gasteiger charge is 2.34. The second-order valence-corrected chi connectivity index (χ2v) is 11.7. The van der Waals surface area contributed by atoms with Crippen LogP contribution in [-0.2, 0) is 14.3 Å². The van der Waals surface area contributed by atoms with Gasteiger partial charge >= 0.3 is 5.97 Å². The average molecular weight is 650 g/mol. The fraction of sp³-hybridized carbons (Fsp3) is 0.412. The second kappa shape index (κ2) is 14.7. The van der Waals surface area contributed by atoms with Gasteiger partial charge in [0.2, 0.25) is 0 Å². The van der Waals surface area contributed by atoms with E-state index in [4.69, 9.17) is 23.7 Å². The average Bonchev–Trinajstić information content (AvgIpc) is 3.69. The number of hydrogen-bond acceptors (Lipinski definition) is 10. The number of nitrogens with zero attached hydrogens (tertiary/aromatic N) is 3. The van der Waals surface area contributed by atoms with Crippen LogP contribution in [0, 0.1) is 0 Å². The smallest absolute Gasteiger partial charge is 0.338 e. The molecule has 1 atom stereocenters. The maximum Gasteiger partial charge on any atom is 0.338 e. The van der Waals surface area contributed by atoms with E-state index in [0.717, 1.165) is 25.9 Å². The van der Waals surface area contributed by atoms with Crippen LogP contribution in [0.5, 0.6) is 23.0 Å². The van der Waals surface area contributed by atoms with E-state index in [-0.39, 0.29) is 30.3 Å². The van der Waals surface area contributed by atoms with E-state index in [2.05, 4.69) is 4.99 Å². The third-order valence-electron chi connectivity index (χ3n) is 7.70. The summed E-state index contributed by atoms with van der Waals surface area (Å²) in [4.78, 5) is 46.8. The van der Waals surface area contributed by atoms with Gasteiger partial charge in [-0.1, -0.05) is 23.5 Å². The van der Waals surface area contributed by atoms with Crippen LogP contribution < -0.4 is 33.8 Å². The molecule has 1 aromatic heterocycles. The summed E-state index contributed by atoms with van der Waals surface area (Å²) < 4.78 is 30.3. The highest BCUT2D eigenvalue weighted by atomic mass is 32.1. The molecular weight excluding hydrogens is 610 g/mol. The Morgan fingerprint density at radius 2 is 1.63 bits per heavy atom. The van der Waals surface area contributed by atoms with Gasteiger partial charge in [-0.3, -0.25) is 14.2 Å². The highest BCUT2D eigenvalue weighted by Crippen LogP contribution is 2.36. The number of carbonyl (C=O) groups is 2. The monoisotopic (exact) mass is 649 g/mol. The van der Waals surface area contributed by atoms with Crippen LogP contribution in [0.25, 0.3) is 6.08 Å². The molecule has 1 amide bonds. The first-order valence-corrected chi connectivity index (χ1v) is 16.3. The van der Waals surface area contributed by atoms with Crippen molar-refractivity contribution in [3.63, 3.8) is 0 Å². The zero-order chi connectivity index (χ0) is 32.8. The molecule has 2 aliphatic rings. The molecule has 2 aromatic carbocycles. The van der Waals surface area contributed by atoms with Gasteiger partial charge in [-0.25, -0.2) is 9.79 Å². The van der Waals surface area contributed by atoms with Crippen LogP contribution in [-0.4, -0.2) is 68.0 Å². The molecule has 12 heteroatoms. The SMILES string of the molecule is CCOC(=O)C1=C(C)N=c2s/c(=C/c3ccc(OCC(=O)N4CCCC4)c(OCC)c3)c(=O)n2[C@@H]1c1ccc(OC)c(OCC)c1. The number of thiazole rings is 1. The first-order valence-electron chi connectivity index (χ1n) is 15.5. The molecule has 0 unspecified atom stereocenters. The fourth-order valence-corrected chi connectivity index (χ4v) is 6.64. The molecule has 244 valence electrons. The summed E-state index contributed by atoms with van der Waals surface area (Å²) in [5.74, 6) is 1.36. The Labute approximate surface area is 271 Å². The Morgan fingerprint density at radius 1 is 0.935 bits per heavy atom. The van der Waals surface area contributed by atoms with Gasteiger partial charge in [-0.2, -0.15) is 0 Å². The van der Waals surface area contributed by atoms with Gasteiger partial charge in [-0.15, -0.1) is 0 Å². The molecule has 1 saturated heterocycles. The topological polar surface area (TPSA) is 118 Å². The van der Waals surface area contributed by atoms with Gasteiger partial charge < -0.3 is 28.6 Å². The molecule has 0 radical (unpaired) electrons. The molecule has 3 heterocycles. The van der Waals surface area contributed by atoms with Crippen molar-refractivity contribution in [3.05, 3.63) is 78.5 Å². The number of allylic oxidation sites excluding steroid dienone is 1. The van der Waals surface area contributed by atoms with E-state index in [0.29, 0.717) is 62.4 Å². The predicted octanol–water partition coefficient (Wildman–Crippen LogP) is 3.61. The van der Waals surface area contributed by atoms with Gasteiger partial charge in [0.25, 0.3) is 11.5 Å². The summed E-state index contributed by atoms with van der Waals surface area (Å²) in [6, 6.07) is 9.87. The van der Waals surface area contributed by atoms with Crippen molar-refractivity contribution in [1.29, 1.82) is 0 Å². The molecule has 0 saturated carbocycles. The van der Waals surface area contributed by atoms with E-state index in [1.807, 2.05) is 19.9 Å². The van der Waals surface area contributed by atoms with Gasteiger partial charge in [0.15, 0.2) is 34.4 Å². The zero-order valence-electron chi connectivity index (χ0n) is 26.8. The number of fused-ring (bicyclic) bond motifs is 1. The summed E-state index contributed by atoms with van der Waals surface area (Å²) in [5.41, 5.74) is 1.78. The lowest BCUT2D eigenvalue weighted by Gasteiger charge is -2.25. The highest BCUT2D eigenvalue weighted by molar-refractivity contribution is 7.07. The zero-order valence-corrected chi connectivity index (χ0v) is 27.6. The number of carbonyl (C=O) groups excluding carboxylic acids is 2. The number of amides is 1. The second-order valence-electron chi connectivity index (χ2n) is 10.7. The standard InChI is InChI=1S/C34H39N3O8S/c1-6-42-26-17-22(11-13-25(26)45-20-29(38)36-15-9-10-16-36)18-28-32(39)37-31(23-12-14-24(41-5)27(19-23)43-7-2)30(33(40)44-8-3)21(4)35-34(37)46-28/h11-14,17-19,31H,6-10,15-16,20H2,1-5H3/b28-18+/t31-/m1/s1. The van der Waals surface area contributed by atoms with E-state index in [9.17, 15) is 14.4 Å². The van der Waals surface area contributed by atoms with Gasteiger partial charge in [-0.05, 0) is 82.0 Å². The maximum absolute atomic E-state index is 14.1. The molecule has 11 nitrogen and oxygen atoms in total. The molecule has 0 spiro atoms. The molecule has 0 bridgehead atoms. The lowest BCUT2D eigenvalue weighted by Crippen LogP contribution is -2.40. The lowest BCUT2D eigenvalue weighted by molar-refractivity contribution is -0.139. The van der Waals surface area contributed by atoms with Crippen molar-refractivity contribution in [1.82, 2.24) is 9.47 Å².